The molecule has 1 rings (SSSR count). The minimum atomic E-state index is -0.373. The van der Waals surface area contributed by atoms with Crippen LogP contribution in [0, 0.1) is 11.3 Å². The van der Waals surface area contributed by atoms with Gasteiger partial charge < -0.3 is 10.1 Å². The third-order valence-corrected chi connectivity index (χ3v) is 3.24. The minimum absolute atomic E-state index is 0.250. The highest BCUT2D eigenvalue weighted by atomic mass is 32.1. The molecule has 0 fully saturated rings. The molecule has 0 unspecified atom stereocenters. The highest BCUT2D eigenvalue weighted by Gasteiger charge is 2.07. The van der Waals surface area contributed by atoms with Crippen molar-refractivity contribution in [2.24, 2.45) is 0 Å². The average molecular weight is 280 g/mol. The molecule has 0 radical (unpaired) electrons. The molecule has 5 nitrogen and oxygen atoms in total. The molecule has 0 aromatic carbocycles. The first-order valence-corrected chi connectivity index (χ1v) is 6.92. The van der Waals surface area contributed by atoms with Gasteiger partial charge in [-0.3, -0.25) is 9.59 Å². The number of hydrogen-bond acceptors (Lipinski definition) is 5. The SMILES string of the molecule is N#CCCNC(=O)COC(=O)CCCc1cccs1. The van der Waals surface area contributed by atoms with Gasteiger partial charge in [-0.25, -0.2) is 0 Å². The second-order valence-electron chi connectivity index (χ2n) is 3.85. The third kappa shape index (κ3) is 7.21. The smallest absolute Gasteiger partial charge is 0.306 e. The molecule has 1 aromatic rings. The maximum Gasteiger partial charge on any atom is 0.306 e. The van der Waals surface area contributed by atoms with Crippen LogP contribution >= 0.6 is 11.3 Å². The number of carbonyl (C=O) groups excluding carboxylic acids is 2. The van der Waals surface area contributed by atoms with Crippen LogP contribution in [0.4, 0.5) is 0 Å². The molecule has 0 aliphatic rings. The van der Waals surface area contributed by atoms with Crippen LogP contribution in [-0.2, 0) is 20.7 Å². The van der Waals surface area contributed by atoms with Crippen molar-refractivity contribution in [1.29, 1.82) is 5.26 Å². The Bertz CT molecular complexity index is 437. The van der Waals surface area contributed by atoms with E-state index in [0.29, 0.717) is 6.42 Å². The number of esters is 1. The number of nitrogens with zero attached hydrogens (tertiary/aromatic N) is 1. The van der Waals surface area contributed by atoms with Crippen LogP contribution in [0.3, 0.4) is 0 Å². The number of amides is 1. The van der Waals surface area contributed by atoms with Crippen LogP contribution in [0.2, 0.25) is 0 Å². The summed E-state index contributed by atoms with van der Waals surface area (Å²) in [5.74, 6) is -0.742. The van der Waals surface area contributed by atoms with Crippen LogP contribution in [0.15, 0.2) is 17.5 Å². The maximum absolute atomic E-state index is 11.4. The summed E-state index contributed by atoms with van der Waals surface area (Å²) in [6.07, 6.45) is 2.13. The molecule has 102 valence electrons. The van der Waals surface area contributed by atoms with Crippen LogP contribution in [-0.4, -0.2) is 25.0 Å². The maximum atomic E-state index is 11.4. The van der Waals surface area contributed by atoms with Crippen molar-refractivity contribution in [3.05, 3.63) is 22.4 Å². The summed E-state index contributed by atoms with van der Waals surface area (Å²) in [5.41, 5.74) is 0. The van der Waals surface area contributed by atoms with Gasteiger partial charge in [-0.05, 0) is 24.3 Å². The predicted molar refractivity (Wildman–Crippen MR) is 71.5 cm³/mol. The Morgan fingerprint density at radius 1 is 1.47 bits per heavy atom. The van der Waals surface area contributed by atoms with Crippen LogP contribution in [0.25, 0.3) is 0 Å². The molecular weight excluding hydrogens is 264 g/mol. The van der Waals surface area contributed by atoms with Crippen molar-refractivity contribution in [1.82, 2.24) is 5.32 Å². The fourth-order valence-corrected chi connectivity index (χ4v) is 2.14. The number of nitriles is 1. The topological polar surface area (TPSA) is 79.2 Å². The number of hydrogen-bond donors (Lipinski definition) is 1. The molecule has 19 heavy (non-hydrogen) atoms. The zero-order valence-electron chi connectivity index (χ0n) is 10.6. The van der Waals surface area contributed by atoms with Crippen molar-refractivity contribution < 1.29 is 14.3 Å². The number of thiophene rings is 1. The van der Waals surface area contributed by atoms with Gasteiger partial charge in [-0.1, -0.05) is 6.07 Å². The summed E-state index contributed by atoms with van der Waals surface area (Å²) in [6, 6.07) is 5.91. The fraction of sp³-hybridized carbons (Fsp3) is 0.462. The summed E-state index contributed by atoms with van der Waals surface area (Å²) < 4.78 is 4.82. The summed E-state index contributed by atoms with van der Waals surface area (Å²) >= 11 is 1.66. The number of aryl methyl sites for hydroxylation is 1. The number of nitrogens with one attached hydrogen (secondary N) is 1. The average Bonchev–Trinajstić information content (AvgIpc) is 2.90. The van der Waals surface area contributed by atoms with E-state index in [1.54, 1.807) is 11.3 Å². The standard InChI is InChI=1S/C13H16N2O3S/c14-7-3-8-15-12(16)10-18-13(17)6-1-4-11-5-2-9-19-11/h2,5,9H,1,3-4,6,8,10H2,(H,15,16). The Morgan fingerprint density at radius 2 is 2.32 bits per heavy atom. The van der Waals surface area contributed by atoms with E-state index < -0.39 is 0 Å². The third-order valence-electron chi connectivity index (χ3n) is 2.31. The van der Waals surface area contributed by atoms with Gasteiger partial charge >= 0.3 is 5.97 Å². The summed E-state index contributed by atoms with van der Waals surface area (Å²) in [4.78, 5) is 23.8. The molecule has 0 spiro atoms. The molecule has 6 heteroatoms. The summed E-state index contributed by atoms with van der Waals surface area (Å²) in [5, 5.41) is 12.8. The molecule has 1 N–H and O–H groups in total. The van der Waals surface area contributed by atoms with Gasteiger partial charge in [0.1, 0.15) is 0 Å². The van der Waals surface area contributed by atoms with Gasteiger partial charge in [0.05, 0.1) is 12.5 Å². The minimum Gasteiger partial charge on any atom is -0.456 e. The lowest BCUT2D eigenvalue weighted by Crippen LogP contribution is -2.29. The lowest BCUT2D eigenvalue weighted by atomic mass is 10.2. The monoisotopic (exact) mass is 280 g/mol. The van der Waals surface area contributed by atoms with Gasteiger partial charge in [-0.15, -0.1) is 11.3 Å². The number of carbonyl (C=O) groups is 2. The first-order chi connectivity index (χ1) is 9.22. The fourth-order valence-electron chi connectivity index (χ4n) is 1.39. The van der Waals surface area contributed by atoms with Crippen LogP contribution in [0.1, 0.15) is 24.1 Å². The largest absolute Gasteiger partial charge is 0.456 e. The first-order valence-electron chi connectivity index (χ1n) is 6.04. The Kier molecular flexibility index (Phi) is 7.28. The zero-order valence-corrected chi connectivity index (χ0v) is 11.4. The van der Waals surface area contributed by atoms with E-state index in [2.05, 4.69) is 5.32 Å². The lowest BCUT2D eigenvalue weighted by Gasteiger charge is -2.04. The molecule has 0 saturated heterocycles. The van der Waals surface area contributed by atoms with E-state index in [4.69, 9.17) is 10.00 Å². The molecule has 1 heterocycles. The zero-order chi connectivity index (χ0) is 13.9. The van der Waals surface area contributed by atoms with Gasteiger partial charge in [0.15, 0.2) is 6.61 Å². The van der Waals surface area contributed by atoms with Crippen molar-refractivity contribution >= 4 is 23.2 Å². The van der Waals surface area contributed by atoms with Gasteiger partial charge in [0.25, 0.3) is 5.91 Å². The molecule has 0 atom stereocenters. The second kappa shape index (κ2) is 9.11. The Hall–Kier alpha value is -1.87. The Labute approximate surface area is 116 Å². The molecule has 0 bridgehead atoms. The molecule has 0 aliphatic carbocycles. The van der Waals surface area contributed by atoms with E-state index in [1.807, 2.05) is 23.6 Å². The quantitative estimate of drug-likeness (QED) is 0.580. The lowest BCUT2D eigenvalue weighted by molar-refractivity contribution is -0.148. The first kappa shape index (κ1) is 15.2. The van der Waals surface area contributed by atoms with Crippen LogP contribution in [0.5, 0.6) is 0 Å². The van der Waals surface area contributed by atoms with E-state index in [-0.39, 0.29) is 31.4 Å². The normalized spacial score (nSPS) is 9.63. The van der Waals surface area contributed by atoms with E-state index in [1.165, 1.54) is 4.88 Å². The van der Waals surface area contributed by atoms with Crippen molar-refractivity contribution in [2.45, 2.75) is 25.7 Å². The number of ether oxygens (including phenoxy) is 1. The number of rotatable bonds is 8. The van der Waals surface area contributed by atoms with Crippen LogP contribution < -0.4 is 5.32 Å². The predicted octanol–water partition coefficient (Wildman–Crippen LogP) is 1.64. The van der Waals surface area contributed by atoms with E-state index in [0.717, 1.165) is 12.8 Å². The molecule has 0 aliphatic heterocycles. The molecule has 0 saturated carbocycles. The highest BCUT2D eigenvalue weighted by molar-refractivity contribution is 7.09. The summed E-state index contributed by atoms with van der Waals surface area (Å²) in [7, 11) is 0. The molecular formula is C13H16N2O3S. The van der Waals surface area contributed by atoms with Crippen molar-refractivity contribution in [3.63, 3.8) is 0 Å². The van der Waals surface area contributed by atoms with Crippen molar-refractivity contribution in [2.75, 3.05) is 13.2 Å². The molecule has 1 amide bonds. The second-order valence-corrected chi connectivity index (χ2v) is 4.88. The van der Waals surface area contributed by atoms with Gasteiger partial charge in [0, 0.05) is 17.8 Å². The molecule has 1 aromatic heterocycles. The van der Waals surface area contributed by atoms with E-state index >= 15 is 0 Å². The summed E-state index contributed by atoms with van der Waals surface area (Å²) in [6.45, 7) is 0.00846. The van der Waals surface area contributed by atoms with Gasteiger partial charge in [0.2, 0.25) is 0 Å². The van der Waals surface area contributed by atoms with E-state index in [9.17, 15) is 9.59 Å². The highest BCUT2D eigenvalue weighted by Crippen LogP contribution is 2.12. The van der Waals surface area contributed by atoms with Gasteiger partial charge in [-0.2, -0.15) is 5.26 Å². The Morgan fingerprint density at radius 3 is 3.00 bits per heavy atom. The van der Waals surface area contributed by atoms with Crippen molar-refractivity contribution in [3.8, 4) is 6.07 Å². The Balaban J connectivity index is 2.04.